The zero-order chi connectivity index (χ0) is 6.69. The van der Waals surface area contributed by atoms with Crippen molar-refractivity contribution >= 4 is 6.08 Å². The highest BCUT2D eigenvalue weighted by Gasteiger charge is 1.89. The number of hydrogen-bond donors (Lipinski definition) is 0. The maximum atomic E-state index is 5.24. The largest absolute Gasteiger partial charge is 0.462 e. The molecule has 1 nitrogen and oxygen atoms in total. The fourth-order valence-corrected chi connectivity index (χ4v) is 0.707. The highest BCUT2D eigenvalue weighted by atomic mass is 16.3. The molecule has 0 unspecified atom stereocenters. The Labute approximate surface area is 55.0 Å². The molecule has 1 aromatic rings. The molecule has 9 heavy (non-hydrogen) atoms. The Morgan fingerprint density at radius 3 is 2.67 bits per heavy atom. The van der Waals surface area contributed by atoms with Gasteiger partial charge in [-0.05, 0) is 32.1 Å². The summed E-state index contributed by atoms with van der Waals surface area (Å²) in [5, 5.41) is 0. The lowest BCUT2D eigenvalue weighted by atomic mass is 10.4. The van der Waals surface area contributed by atoms with Crippen LogP contribution < -0.4 is 0 Å². The second-order valence-electron chi connectivity index (χ2n) is 1.95. The summed E-state index contributed by atoms with van der Waals surface area (Å²) in [7, 11) is 0. The van der Waals surface area contributed by atoms with Crippen molar-refractivity contribution in [2.45, 2.75) is 13.8 Å². The van der Waals surface area contributed by atoms with Crippen LogP contribution in [0, 0.1) is 6.92 Å². The van der Waals surface area contributed by atoms with E-state index in [1.165, 1.54) is 0 Å². The summed E-state index contributed by atoms with van der Waals surface area (Å²) < 4.78 is 5.24. The Hall–Kier alpha value is -0.980. The van der Waals surface area contributed by atoms with E-state index in [9.17, 15) is 0 Å². The van der Waals surface area contributed by atoms with Crippen LogP contribution in [0.15, 0.2) is 22.6 Å². The standard InChI is InChI=1S/C8H10O/c1-3-4-8-6-5-7(2)9-8/h3-6H,1-2H3/b4-3+. The first kappa shape index (κ1) is 6.14. The molecule has 1 rings (SSSR count). The molecule has 0 N–H and O–H groups in total. The molecule has 0 fully saturated rings. The van der Waals surface area contributed by atoms with E-state index < -0.39 is 0 Å². The molecule has 0 spiro atoms. The summed E-state index contributed by atoms with van der Waals surface area (Å²) in [5.74, 6) is 1.89. The maximum Gasteiger partial charge on any atom is 0.126 e. The van der Waals surface area contributed by atoms with Gasteiger partial charge in [-0.25, -0.2) is 0 Å². The van der Waals surface area contributed by atoms with Crippen LogP contribution in [-0.2, 0) is 0 Å². The van der Waals surface area contributed by atoms with Crippen molar-refractivity contribution in [3.8, 4) is 0 Å². The molecule has 0 aliphatic heterocycles. The summed E-state index contributed by atoms with van der Waals surface area (Å²) in [6.45, 7) is 3.91. The van der Waals surface area contributed by atoms with Crippen LogP contribution in [0.5, 0.6) is 0 Å². The summed E-state index contributed by atoms with van der Waals surface area (Å²) in [4.78, 5) is 0. The Balaban J connectivity index is 2.85. The monoisotopic (exact) mass is 122 g/mol. The van der Waals surface area contributed by atoms with Gasteiger partial charge in [-0.15, -0.1) is 0 Å². The zero-order valence-electron chi connectivity index (χ0n) is 5.72. The van der Waals surface area contributed by atoms with Crippen LogP contribution in [0.4, 0.5) is 0 Å². The Morgan fingerprint density at radius 2 is 2.22 bits per heavy atom. The lowest BCUT2D eigenvalue weighted by Gasteiger charge is -1.80. The smallest absolute Gasteiger partial charge is 0.126 e. The summed E-state index contributed by atoms with van der Waals surface area (Å²) >= 11 is 0. The van der Waals surface area contributed by atoms with Crippen molar-refractivity contribution in [2.24, 2.45) is 0 Å². The van der Waals surface area contributed by atoms with E-state index in [-0.39, 0.29) is 0 Å². The van der Waals surface area contributed by atoms with Crippen molar-refractivity contribution in [1.29, 1.82) is 0 Å². The van der Waals surface area contributed by atoms with E-state index in [2.05, 4.69) is 0 Å². The zero-order valence-corrected chi connectivity index (χ0v) is 5.72. The van der Waals surface area contributed by atoms with Crippen molar-refractivity contribution in [3.63, 3.8) is 0 Å². The lowest BCUT2D eigenvalue weighted by Crippen LogP contribution is -1.57. The number of allylic oxidation sites excluding steroid dienone is 1. The van der Waals surface area contributed by atoms with Crippen LogP contribution in [0.25, 0.3) is 6.08 Å². The summed E-state index contributed by atoms with van der Waals surface area (Å²) in [6, 6.07) is 3.91. The average Bonchev–Trinajstić information content (AvgIpc) is 2.17. The molecule has 0 bridgehead atoms. The lowest BCUT2D eigenvalue weighted by molar-refractivity contribution is 0.525. The van der Waals surface area contributed by atoms with Gasteiger partial charge in [0.15, 0.2) is 0 Å². The van der Waals surface area contributed by atoms with Gasteiger partial charge in [0, 0.05) is 0 Å². The topological polar surface area (TPSA) is 13.1 Å². The van der Waals surface area contributed by atoms with Crippen LogP contribution in [0.2, 0.25) is 0 Å². The molecule has 0 aliphatic rings. The predicted molar refractivity (Wildman–Crippen MR) is 38.2 cm³/mol. The molecule has 0 amide bonds. The number of aryl methyl sites for hydroxylation is 1. The third kappa shape index (κ3) is 1.46. The predicted octanol–water partition coefficient (Wildman–Crippen LogP) is 2.62. The Morgan fingerprint density at radius 1 is 1.44 bits per heavy atom. The van der Waals surface area contributed by atoms with Gasteiger partial charge in [0.05, 0.1) is 0 Å². The molecule has 0 saturated heterocycles. The van der Waals surface area contributed by atoms with Gasteiger partial charge in [-0.3, -0.25) is 0 Å². The van der Waals surface area contributed by atoms with E-state index in [0.29, 0.717) is 0 Å². The molecule has 0 radical (unpaired) electrons. The Kier molecular flexibility index (Phi) is 1.73. The highest BCUT2D eigenvalue weighted by molar-refractivity contribution is 5.41. The van der Waals surface area contributed by atoms with Crippen LogP contribution in [0.1, 0.15) is 18.4 Å². The van der Waals surface area contributed by atoms with E-state index in [1.54, 1.807) is 0 Å². The van der Waals surface area contributed by atoms with Crippen molar-refractivity contribution in [2.75, 3.05) is 0 Å². The maximum absolute atomic E-state index is 5.24. The molecular formula is C8H10O. The van der Waals surface area contributed by atoms with Gasteiger partial charge in [0.25, 0.3) is 0 Å². The van der Waals surface area contributed by atoms with Crippen LogP contribution in [0.3, 0.4) is 0 Å². The quantitative estimate of drug-likeness (QED) is 0.558. The van der Waals surface area contributed by atoms with E-state index in [4.69, 9.17) is 4.42 Å². The molecular weight excluding hydrogens is 112 g/mol. The highest BCUT2D eigenvalue weighted by Crippen LogP contribution is 2.06. The number of rotatable bonds is 1. The number of furan rings is 1. The van der Waals surface area contributed by atoms with Crippen molar-refractivity contribution in [3.05, 3.63) is 29.7 Å². The number of hydrogen-bond acceptors (Lipinski definition) is 1. The summed E-state index contributed by atoms with van der Waals surface area (Å²) in [5.41, 5.74) is 0. The van der Waals surface area contributed by atoms with Gasteiger partial charge >= 0.3 is 0 Å². The van der Waals surface area contributed by atoms with E-state index in [0.717, 1.165) is 11.5 Å². The molecule has 1 heteroatoms. The van der Waals surface area contributed by atoms with Gasteiger partial charge in [-0.1, -0.05) is 6.08 Å². The van der Waals surface area contributed by atoms with E-state index in [1.807, 2.05) is 38.1 Å². The summed E-state index contributed by atoms with van der Waals surface area (Å²) in [6.07, 6.45) is 3.89. The molecule has 1 aromatic heterocycles. The van der Waals surface area contributed by atoms with Gasteiger partial charge in [-0.2, -0.15) is 0 Å². The third-order valence-electron chi connectivity index (χ3n) is 1.09. The van der Waals surface area contributed by atoms with Gasteiger partial charge in [0.2, 0.25) is 0 Å². The molecule has 1 heterocycles. The minimum absolute atomic E-state index is 0.926. The molecule has 0 aliphatic carbocycles. The fraction of sp³-hybridized carbons (Fsp3) is 0.250. The third-order valence-corrected chi connectivity index (χ3v) is 1.09. The average molecular weight is 122 g/mol. The van der Waals surface area contributed by atoms with Crippen LogP contribution >= 0.6 is 0 Å². The van der Waals surface area contributed by atoms with Crippen molar-refractivity contribution in [1.82, 2.24) is 0 Å². The molecule has 0 saturated carbocycles. The first-order chi connectivity index (χ1) is 4.33. The first-order valence-corrected chi connectivity index (χ1v) is 3.02. The van der Waals surface area contributed by atoms with Crippen molar-refractivity contribution < 1.29 is 4.42 Å². The first-order valence-electron chi connectivity index (χ1n) is 3.02. The minimum atomic E-state index is 0.926. The molecule has 0 aromatic carbocycles. The molecule has 0 atom stereocenters. The fourth-order valence-electron chi connectivity index (χ4n) is 0.707. The van der Waals surface area contributed by atoms with Crippen LogP contribution in [-0.4, -0.2) is 0 Å². The SMILES string of the molecule is C/C=C/c1ccc(C)o1. The normalized spacial score (nSPS) is 10.9. The second kappa shape index (κ2) is 2.53. The Bertz CT molecular complexity index is 208. The molecule has 48 valence electrons. The van der Waals surface area contributed by atoms with Gasteiger partial charge < -0.3 is 4.42 Å². The second-order valence-corrected chi connectivity index (χ2v) is 1.95. The van der Waals surface area contributed by atoms with E-state index >= 15 is 0 Å². The van der Waals surface area contributed by atoms with Gasteiger partial charge in [0.1, 0.15) is 11.5 Å². The minimum Gasteiger partial charge on any atom is -0.462 e.